The van der Waals surface area contributed by atoms with Gasteiger partial charge in [-0.1, -0.05) is 44.2 Å². The van der Waals surface area contributed by atoms with Gasteiger partial charge in [-0.2, -0.15) is 0 Å². The first kappa shape index (κ1) is 8.76. The highest BCUT2D eigenvalue weighted by atomic mass is 16.5. The molecule has 1 nitrogen and oxygen atoms in total. The zero-order valence-electron chi connectivity index (χ0n) is 8.50. The molecule has 1 saturated carbocycles. The van der Waals surface area contributed by atoms with E-state index in [0.29, 0.717) is 5.41 Å². The molecule has 1 atom stereocenters. The van der Waals surface area contributed by atoms with Crippen LogP contribution in [0.1, 0.15) is 25.8 Å². The Labute approximate surface area is 79.7 Å². The third-order valence-corrected chi connectivity index (χ3v) is 3.25. The van der Waals surface area contributed by atoms with Gasteiger partial charge in [0.1, 0.15) is 0 Å². The molecule has 0 heterocycles. The van der Waals surface area contributed by atoms with Crippen molar-refractivity contribution in [2.45, 2.75) is 25.9 Å². The summed E-state index contributed by atoms with van der Waals surface area (Å²) in [4.78, 5) is 0. The Bertz CT molecular complexity index is 302. The lowest BCUT2D eigenvalue weighted by molar-refractivity contribution is 0.0463. The second kappa shape index (κ2) is 2.58. The van der Waals surface area contributed by atoms with E-state index in [4.69, 9.17) is 4.74 Å². The summed E-state index contributed by atoms with van der Waals surface area (Å²) in [6.07, 6.45) is 1.13. The smallest absolute Gasteiger partial charge is 0.0985 e. The molecule has 0 aromatic heterocycles. The van der Waals surface area contributed by atoms with Crippen molar-refractivity contribution in [1.29, 1.82) is 0 Å². The zero-order valence-corrected chi connectivity index (χ0v) is 8.50. The molecule has 0 radical (unpaired) electrons. The van der Waals surface area contributed by atoms with Crippen LogP contribution in [0.2, 0.25) is 0 Å². The summed E-state index contributed by atoms with van der Waals surface area (Å²) in [5.41, 5.74) is 1.58. The molecular formula is C12H16O. The first-order valence-corrected chi connectivity index (χ1v) is 4.73. The minimum Gasteiger partial charge on any atom is -0.373 e. The SMILES string of the molecule is COC1(c2ccccc2)CC1(C)C. The lowest BCUT2D eigenvalue weighted by atomic mass is 9.99. The van der Waals surface area contributed by atoms with Crippen molar-refractivity contribution in [3.8, 4) is 0 Å². The highest BCUT2D eigenvalue weighted by Crippen LogP contribution is 2.64. The number of methoxy groups -OCH3 is 1. The Balaban J connectivity index is 2.37. The molecule has 1 aromatic carbocycles. The Morgan fingerprint density at radius 3 is 2.08 bits per heavy atom. The van der Waals surface area contributed by atoms with Gasteiger partial charge in [0, 0.05) is 12.5 Å². The fourth-order valence-corrected chi connectivity index (χ4v) is 2.24. The molecule has 1 aliphatic carbocycles. The van der Waals surface area contributed by atoms with Gasteiger partial charge in [0.05, 0.1) is 5.60 Å². The van der Waals surface area contributed by atoms with Crippen LogP contribution < -0.4 is 0 Å². The van der Waals surface area contributed by atoms with E-state index in [1.165, 1.54) is 5.56 Å². The van der Waals surface area contributed by atoms with Crippen molar-refractivity contribution in [2.75, 3.05) is 7.11 Å². The van der Waals surface area contributed by atoms with Crippen molar-refractivity contribution in [2.24, 2.45) is 5.41 Å². The second-order valence-corrected chi connectivity index (χ2v) is 4.46. The van der Waals surface area contributed by atoms with Crippen LogP contribution in [0.5, 0.6) is 0 Å². The van der Waals surface area contributed by atoms with Crippen molar-refractivity contribution in [3.05, 3.63) is 35.9 Å². The number of hydrogen-bond donors (Lipinski definition) is 0. The first-order chi connectivity index (χ1) is 6.12. The van der Waals surface area contributed by atoms with E-state index >= 15 is 0 Å². The molecule has 1 aromatic rings. The quantitative estimate of drug-likeness (QED) is 0.673. The molecule has 0 N–H and O–H groups in total. The van der Waals surface area contributed by atoms with E-state index in [1.807, 2.05) is 13.2 Å². The molecule has 13 heavy (non-hydrogen) atoms. The summed E-state index contributed by atoms with van der Waals surface area (Å²) in [6.45, 7) is 4.51. The van der Waals surface area contributed by atoms with E-state index in [-0.39, 0.29) is 5.60 Å². The molecular weight excluding hydrogens is 160 g/mol. The van der Waals surface area contributed by atoms with E-state index in [2.05, 4.69) is 38.1 Å². The van der Waals surface area contributed by atoms with Crippen LogP contribution in [0.25, 0.3) is 0 Å². The highest BCUT2D eigenvalue weighted by molar-refractivity contribution is 5.33. The summed E-state index contributed by atoms with van der Waals surface area (Å²) in [7, 11) is 1.81. The molecule has 0 spiro atoms. The van der Waals surface area contributed by atoms with Crippen molar-refractivity contribution in [3.63, 3.8) is 0 Å². The molecule has 1 unspecified atom stereocenters. The van der Waals surface area contributed by atoms with Crippen LogP contribution in [0.15, 0.2) is 30.3 Å². The Morgan fingerprint density at radius 2 is 1.69 bits per heavy atom. The molecule has 0 saturated heterocycles. The van der Waals surface area contributed by atoms with Gasteiger partial charge >= 0.3 is 0 Å². The average molecular weight is 176 g/mol. The van der Waals surface area contributed by atoms with Gasteiger partial charge in [0.25, 0.3) is 0 Å². The molecule has 0 bridgehead atoms. The van der Waals surface area contributed by atoms with Crippen LogP contribution in [-0.2, 0) is 10.3 Å². The van der Waals surface area contributed by atoms with Crippen LogP contribution >= 0.6 is 0 Å². The predicted molar refractivity (Wildman–Crippen MR) is 53.5 cm³/mol. The monoisotopic (exact) mass is 176 g/mol. The molecule has 1 aliphatic rings. The van der Waals surface area contributed by atoms with Gasteiger partial charge in [-0.05, 0) is 12.0 Å². The maximum Gasteiger partial charge on any atom is 0.0985 e. The third kappa shape index (κ3) is 1.11. The van der Waals surface area contributed by atoms with Gasteiger partial charge in [-0.25, -0.2) is 0 Å². The van der Waals surface area contributed by atoms with E-state index < -0.39 is 0 Å². The fraction of sp³-hybridized carbons (Fsp3) is 0.500. The lowest BCUT2D eigenvalue weighted by Gasteiger charge is -2.19. The van der Waals surface area contributed by atoms with Gasteiger partial charge in [-0.15, -0.1) is 0 Å². The minimum atomic E-state index is -0.0196. The maximum atomic E-state index is 5.65. The van der Waals surface area contributed by atoms with Crippen LogP contribution in [0.4, 0.5) is 0 Å². The number of benzene rings is 1. The molecule has 0 amide bonds. The van der Waals surface area contributed by atoms with Gasteiger partial charge < -0.3 is 4.74 Å². The van der Waals surface area contributed by atoms with Crippen LogP contribution in [0.3, 0.4) is 0 Å². The summed E-state index contributed by atoms with van der Waals surface area (Å²) in [6, 6.07) is 10.5. The van der Waals surface area contributed by atoms with Crippen molar-refractivity contribution >= 4 is 0 Å². The predicted octanol–water partition coefficient (Wildman–Crippen LogP) is 2.96. The largest absolute Gasteiger partial charge is 0.373 e. The Hall–Kier alpha value is -0.820. The normalized spacial score (nSPS) is 30.1. The Kier molecular flexibility index (Phi) is 1.74. The Morgan fingerprint density at radius 1 is 1.15 bits per heavy atom. The standard InChI is InChI=1S/C12H16O/c1-11(2)9-12(11,13-3)10-7-5-4-6-8-10/h4-8H,9H2,1-3H3. The van der Waals surface area contributed by atoms with Crippen LogP contribution in [-0.4, -0.2) is 7.11 Å². The molecule has 0 aliphatic heterocycles. The molecule has 2 rings (SSSR count). The van der Waals surface area contributed by atoms with E-state index in [1.54, 1.807) is 0 Å². The van der Waals surface area contributed by atoms with E-state index in [9.17, 15) is 0 Å². The third-order valence-electron chi connectivity index (χ3n) is 3.25. The zero-order chi connectivity index (χ0) is 9.53. The summed E-state index contributed by atoms with van der Waals surface area (Å²) < 4.78 is 5.65. The topological polar surface area (TPSA) is 9.23 Å². The van der Waals surface area contributed by atoms with Crippen molar-refractivity contribution in [1.82, 2.24) is 0 Å². The molecule has 70 valence electrons. The molecule has 1 fully saturated rings. The number of hydrogen-bond acceptors (Lipinski definition) is 1. The van der Waals surface area contributed by atoms with Gasteiger partial charge in [-0.3, -0.25) is 0 Å². The summed E-state index contributed by atoms with van der Waals surface area (Å²) >= 11 is 0. The van der Waals surface area contributed by atoms with E-state index in [0.717, 1.165) is 6.42 Å². The fourth-order valence-electron chi connectivity index (χ4n) is 2.24. The lowest BCUT2D eigenvalue weighted by Crippen LogP contribution is -2.16. The minimum absolute atomic E-state index is 0.0196. The average Bonchev–Trinajstić information content (AvgIpc) is 2.72. The number of ether oxygens (including phenoxy) is 1. The first-order valence-electron chi connectivity index (χ1n) is 4.73. The van der Waals surface area contributed by atoms with Crippen LogP contribution in [0, 0.1) is 5.41 Å². The maximum absolute atomic E-state index is 5.65. The highest BCUT2D eigenvalue weighted by Gasteiger charge is 2.62. The summed E-state index contributed by atoms with van der Waals surface area (Å²) in [5.74, 6) is 0. The molecule has 1 heteroatoms. The van der Waals surface area contributed by atoms with Gasteiger partial charge in [0.15, 0.2) is 0 Å². The van der Waals surface area contributed by atoms with Crippen molar-refractivity contribution < 1.29 is 4.74 Å². The summed E-state index contributed by atoms with van der Waals surface area (Å²) in [5, 5.41) is 0. The number of rotatable bonds is 2. The van der Waals surface area contributed by atoms with Gasteiger partial charge in [0.2, 0.25) is 0 Å². The second-order valence-electron chi connectivity index (χ2n) is 4.46.